The first-order valence-electron chi connectivity index (χ1n) is 11.0. The zero-order chi connectivity index (χ0) is 22.1. The van der Waals surface area contributed by atoms with E-state index in [2.05, 4.69) is 12.1 Å². The van der Waals surface area contributed by atoms with E-state index in [0.717, 1.165) is 29.7 Å². The van der Waals surface area contributed by atoms with E-state index in [-0.39, 0.29) is 18.0 Å². The number of rotatable bonds is 3. The van der Waals surface area contributed by atoms with Gasteiger partial charge >= 0.3 is 5.97 Å². The Hall–Kier alpha value is -3.60. The minimum atomic E-state index is -0.335. The molecule has 2 aliphatic rings. The Bertz CT molecular complexity index is 1170. The van der Waals surface area contributed by atoms with Gasteiger partial charge in [0.15, 0.2) is 0 Å². The van der Waals surface area contributed by atoms with Crippen LogP contribution >= 0.6 is 0 Å². The molecule has 162 valence electrons. The summed E-state index contributed by atoms with van der Waals surface area (Å²) >= 11 is 0. The van der Waals surface area contributed by atoms with Gasteiger partial charge in [0.2, 0.25) is 0 Å². The second-order valence-electron chi connectivity index (χ2n) is 8.31. The van der Waals surface area contributed by atoms with Gasteiger partial charge in [-0.25, -0.2) is 4.79 Å². The molecule has 32 heavy (non-hydrogen) atoms. The Morgan fingerprint density at radius 3 is 2.50 bits per heavy atom. The van der Waals surface area contributed by atoms with Gasteiger partial charge in [-0.3, -0.25) is 4.79 Å². The highest BCUT2D eigenvalue weighted by atomic mass is 16.5. The molecule has 0 saturated carbocycles. The van der Waals surface area contributed by atoms with Crippen LogP contribution in [0.3, 0.4) is 0 Å². The minimum Gasteiger partial charge on any atom is -0.497 e. The molecule has 5 heteroatoms. The summed E-state index contributed by atoms with van der Waals surface area (Å²) in [5, 5.41) is 0. The normalized spacial score (nSPS) is 17.6. The maximum atomic E-state index is 13.3. The fourth-order valence-corrected chi connectivity index (χ4v) is 4.60. The number of fused-ring (bicyclic) bond motifs is 2. The van der Waals surface area contributed by atoms with Gasteiger partial charge in [-0.1, -0.05) is 36.4 Å². The molecule has 1 amide bonds. The predicted molar refractivity (Wildman–Crippen MR) is 121 cm³/mol. The van der Waals surface area contributed by atoms with Crippen molar-refractivity contribution < 1.29 is 19.1 Å². The van der Waals surface area contributed by atoms with Crippen LogP contribution in [0.5, 0.6) is 5.75 Å². The molecule has 5 rings (SSSR count). The lowest BCUT2D eigenvalue weighted by Crippen LogP contribution is -2.33. The first kappa shape index (κ1) is 20.3. The van der Waals surface area contributed by atoms with Crippen LogP contribution in [0.2, 0.25) is 0 Å². The van der Waals surface area contributed by atoms with Crippen molar-refractivity contribution in [1.29, 1.82) is 0 Å². The van der Waals surface area contributed by atoms with Crippen LogP contribution in [0.15, 0.2) is 66.7 Å². The van der Waals surface area contributed by atoms with Gasteiger partial charge in [0.25, 0.3) is 5.91 Å². The number of hydrogen-bond donors (Lipinski definition) is 0. The summed E-state index contributed by atoms with van der Waals surface area (Å²) in [6.07, 6.45) is 1.85. The van der Waals surface area contributed by atoms with Gasteiger partial charge < -0.3 is 14.4 Å². The van der Waals surface area contributed by atoms with Crippen LogP contribution in [0.1, 0.15) is 49.1 Å². The molecule has 0 radical (unpaired) electrons. The van der Waals surface area contributed by atoms with E-state index in [9.17, 15) is 9.59 Å². The molecule has 2 aliphatic heterocycles. The minimum absolute atomic E-state index is 0.00257. The molecule has 0 aliphatic carbocycles. The van der Waals surface area contributed by atoms with Crippen LogP contribution in [-0.2, 0) is 24.0 Å². The van der Waals surface area contributed by atoms with Gasteiger partial charge in [-0.2, -0.15) is 0 Å². The molecular weight excluding hydrogens is 402 g/mol. The van der Waals surface area contributed by atoms with E-state index in [1.807, 2.05) is 47.4 Å². The highest BCUT2D eigenvalue weighted by molar-refractivity contribution is 5.98. The van der Waals surface area contributed by atoms with Crippen molar-refractivity contribution in [3.63, 3.8) is 0 Å². The van der Waals surface area contributed by atoms with E-state index in [1.54, 1.807) is 19.2 Å². The first-order chi connectivity index (χ1) is 15.6. The summed E-state index contributed by atoms with van der Waals surface area (Å²) in [5.74, 6) is 0.513. The second kappa shape index (κ2) is 8.50. The Labute approximate surface area is 187 Å². The average Bonchev–Trinajstić information content (AvgIpc) is 3.06. The summed E-state index contributed by atoms with van der Waals surface area (Å²) in [7, 11) is 1.67. The lowest BCUT2D eigenvalue weighted by molar-refractivity contribution is 0.0252. The monoisotopic (exact) mass is 427 g/mol. The van der Waals surface area contributed by atoms with Crippen molar-refractivity contribution in [2.45, 2.75) is 25.4 Å². The molecule has 3 aromatic rings. The van der Waals surface area contributed by atoms with Crippen LogP contribution in [0.4, 0.5) is 0 Å². The Morgan fingerprint density at radius 2 is 1.72 bits per heavy atom. The van der Waals surface area contributed by atoms with Crippen molar-refractivity contribution in [2.75, 3.05) is 20.2 Å². The largest absolute Gasteiger partial charge is 0.497 e. The summed E-state index contributed by atoms with van der Waals surface area (Å²) in [4.78, 5) is 27.8. The van der Waals surface area contributed by atoms with Crippen LogP contribution in [0, 0.1) is 0 Å². The Kier molecular flexibility index (Phi) is 5.39. The summed E-state index contributed by atoms with van der Waals surface area (Å²) < 4.78 is 11.0. The number of cyclic esters (lactones) is 1. The number of benzene rings is 3. The van der Waals surface area contributed by atoms with Gasteiger partial charge in [0.1, 0.15) is 11.9 Å². The van der Waals surface area contributed by atoms with E-state index < -0.39 is 0 Å². The van der Waals surface area contributed by atoms with E-state index >= 15 is 0 Å². The topological polar surface area (TPSA) is 55.8 Å². The smallest absolute Gasteiger partial charge is 0.339 e. The summed E-state index contributed by atoms with van der Waals surface area (Å²) in [6.45, 7) is 1.33. The number of carbonyl (C=O) groups excluding carboxylic acids is 2. The second-order valence-corrected chi connectivity index (χ2v) is 8.31. The quantitative estimate of drug-likeness (QED) is 0.582. The molecule has 5 nitrogen and oxygen atoms in total. The maximum Gasteiger partial charge on any atom is 0.339 e. The zero-order valence-corrected chi connectivity index (χ0v) is 18.0. The molecule has 2 heterocycles. The fourth-order valence-electron chi connectivity index (χ4n) is 4.60. The van der Waals surface area contributed by atoms with Gasteiger partial charge in [0, 0.05) is 25.1 Å². The van der Waals surface area contributed by atoms with Crippen molar-refractivity contribution in [3.05, 3.63) is 100 Å². The summed E-state index contributed by atoms with van der Waals surface area (Å²) in [5.41, 5.74) is 5.49. The van der Waals surface area contributed by atoms with Gasteiger partial charge in [-0.15, -0.1) is 0 Å². The zero-order valence-electron chi connectivity index (χ0n) is 18.0. The van der Waals surface area contributed by atoms with Gasteiger partial charge in [0.05, 0.1) is 12.7 Å². The number of hydrogen-bond acceptors (Lipinski definition) is 4. The fraction of sp³-hybridized carbons (Fsp3) is 0.259. The molecule has 0 spiro atoms. The SMILES string of the molecule is COc1ccc2c(c1)CCN(C(=O)c1ccc3c(c1)CC(c1ccccc1)OC3=O)CC2. The highest BCUT2D eigenvalue weighted by Gasteiger charge is 2.29. The van der Waals surface area contributed by atoms with Crippen molar-refractivity contribution in [2.24, 2.45) is 0 Å². The third-order valence-corrected chi connectivity index (χ3v) is 6.40. The number of carbonyl (C=O) groups is 2. The molecule has 0 N–H and O–H groups in total. The van der Waals surface area contributed by atoms with Crippen LogP contribution in [0.25, 0.3) is 0 Å². The number of amides is 1. The summed E-state index contributed by atoms with van der Waals surface area (Å²) in [6, 6.07) is 21.2. The maximum absolute atomic E-state index is 13.3. The van der Waals surface area contributed by atoms with E-state index in [0.29, 0.717) is 30.6 Å². The standard InChI is InChI=1S/C27H25NO4/c1-31-23-9-7-18-11-13-28(14-12-20(18)16-23)26(29)21-8-10-24-22(15-21)17-25(32-27(24)30)19-5-3-2-4-6-19/h2-10,15-16,25H,11-14,17H2,1H3. The number of esters is 1. The van der Waals surface area contributed by atoms with Crippen molar-refractivity contribution in [3.8, 4) is 5.75 Å². The lowest BCUT2D eigenvalue weighted by Gasteiger charge is -2.26. The van der Waals surface area contributed by atoms with Gasteiger partial charge in [-0.05, 0) is 65.4 Å². The van der Waals surface area contributed by atoms with E-state index in [1.165, 1.54) is 11.1 Å². The molecule has 1 atom stereocenters. The Balaban J connectivity index is 1.36. The average molecular weight is 428 g/mol. The third kappa shape index (κ3) is 3.86. The molecule has 0 saturated heterocycles. The molecule has 3 aromatic carbocycles. The number of nitrogens with zero attached hydrogens (tertiary/aromatic N) is 1. The predicted octanol–water partition coefficient (Wildman–Crippen LogP) is 4.39. The van der Waals surface area contributed by atoms with Crippen molar-refractivity contribution in [1.82, 2.24) is 4.90 Å². The van der Waals surface area contributed by atoms with Crippen molar-refractivity contribution >= 4 is 11.9 Å². The third-order valence-electron chi connectivity index (χ3n) is 6.40. The van der Waals surface area contributed by atoms with Crippen LogP contribution in [-0.4, -0.2) is 37.0 Å². The number of ether oxygens (including phenoxy) is 2. The number of methoxy groups -OCH3 is 1. The molecule has 0 fully saturated rings. The molecule has 0 aromatic heterocycles. The highest BCUT2D eigenvalue weighted by Crippen LogP contribution is 2.31. The molecular formula is C27H25NO4. The lowest BCUT2D eigenvalue weighted by atomic mass is 9.93. The van der Waals surface area contributed by atoms with Crippen LogP contribution < -0.4 is 4.74 Å². The van der Waals surface area contributed by atoms with E-state index in [4.69, 9.17) is 9.47 Å². The molecule has 1 unspecified atom stereocenters. The first-order valence-corrected chi connectivity index (χ1v) is 11.0. The Morgan fingerprint density at radius 1 is 0.938 bits per heavy atom. The molecule has 0 bridgehead atoms.